The van der Waals surface area contributed by atoms with E-state index in [1.807, 2.05) is 6.20 Å². The number of halogens is 2. The van der Waals surface area contributed by atoms with Gasteiger partial charge in [0.25, 0.3) is 0 Å². The Bertz CT molecular complexity index is 312. The average molecular weight is 277 g/mol. The van der Waals surface area contributed by atoms with Gasteiger partial charge in [0.05, 0.1) is 0 Å². The molecule has 1 aromatic rings. The van der Waals surface area contributed by atoms with E-state index in [9.17, 15) is 0 Å². The van der Waals surface area contributed by atoms with Gasteiger partial charge in [0, 0.05) is 28.2 Å². The minimum absolute atomic E-state index is 0.169. The van der Waals surface area contributed by atoms with Crippen LogP contribution in [0.3, 0.4) is 0 Å². The molecule has 0 saturated heterocycles. The summed E-state index contributed by atoms with van der Waals surface area (Å²) < 4.78 is 1.02. The number of aryl methyl sites for hydroxylation is 1. The molecule has 3 heteroatoms. The van der Waals surface area contributed by atoms with Gasteiger partial charge in [-0.2, -0.15) is 0 Å². The molecular weight excluding hydrogens is 261 g/mol. The van der Waals surface area contributed by atoms with Crippen molar-refractivity contribution in [1.29, 1.82) is 0 Å². The molecule has 1 rings (SSSR count). The molecule has 0 bridgehead atoms. The van der Waals surface area contributed by atoms with Crippen molar-refractivity contribution < 1.29 is 0 Å². The lowest BCUT2D eigenvalue weighted by atomic mass is 10.0. The molecule has 0 aromatic carbocycles. The van der Waals surface area contributed by atoms with E-state index in [2.05, 4.69) is 47.8 Å². The van der Waals surface area contributed by atoms with Crippen molar-refractivity contribution >= 4 is 27.5 Å². The zero-order valence-corrected chi connectivity index (χ0v) is 11.1. The van der Waals surface area contributed by atoms with Gasteiger partial charge in [0.2, 0.25) is 0 Å². The summed E-state index contributed by atoms with van der Waals surface area (Å²) in [6.45, 7) is 6.33. The Morgan fingerprint density at radius 2 is 2.14 bits per heavy atom. The van der Waals surface area contributed by atoms with E-state index in [-0.39, 0.29) is 5.38 Å². The largest absolute Gasteiger partial charge is 0.260 e. The number of nitrogens with zero attached hydrogens (tertiary/aromatic N) is 1. The first-order chi connectivity index (χ1) is 6.50. The van der Waals surface area contributed by atoms with Crippen LogP contribution in [0.2, 0.25) is 0 Å². The van der Waals surface area contributed by atoms with Gasteiger partial charge in [-0.3, -0.25) is 4.98 Å². The first-order valence-corrected chi connectivity index (χ1v) is 5.98. The third kappa shape index (κ3) is 3.25. The summed E-state index contributed by atoms with van der Waals surface area (Å²) in [5.74, 6) is 0.488. The van der Waals surface area contributed by atoms with Crippen LogP contribution in [0.5, 0.6) is 0 Å². The van der Waals surface area contributed by atoms with Gasteiger partial charge < -0.3 is 0 Å². The van der Waals surface area contributed by atoms with E-state index in [1.54, 1.807) is 0 Å². The van der Waals surface area contributed by atoms with Gasteiger partial charge in [0.1, 0.15) is 0 Å². The van der Waals surface area contributed by atoms with Gasteiger partial charge in [-0.05, 0) is 40.4 Å². The fourth-order valence-electron chi connectivity index (χ4n) is 1.20. The number of aromatic nitrogens is 1. The molecule has 1 heterocycles. The Labute approximate surface area is 99.0 Å². The summed E-state index contributed by atoms with van der Waals surface area (Å²) in [5, 5.41) is 0.169. The summed E-state index contributed by atoms with van der Waals surface area (Å²) in [7, 11) is 0. The highest BCUT2D eigenvalue weighted by atomic mass is 79.9. The van der Waals surface area contributed by atoms with Crippen LogP contribution < -0.4 is 0 Å². The molecule has 1 aromatic heterocycles. The van der Waals surface area contributed by atoms with Crippen LogP contribution >= 0.6 is 27.5 Å². The van der Waals surface area contributed by atoms with Gasteiger partial charge in [0.15, 0.2) is 0 Å². The summed E-state index contributed by atoms with van der Waals surface area (Å²) in [6.07, 6.45) is 2.67. The molecule has 1 nitrogen and oxygen atoms in total. The number of alkyl halides is 1. The minimum Gasteiger partial charge on any atom is -0.260 e. The summed E-state index contributed by atoms with van der Waals surface area (Å²) in [6, 6.07) is 2.08. The van der Waals surface area contributed by atoms with Gasteiger partial charge in [-0.25, -0.2) is 0 Å². The molecule has 14 heavy (non-hydrogen) atoms. The van der Waals surface area contributed by atoms with Crippen LogP contribution in [-0.4, -0.2) is 10.4 Å². The maximum Gasteiger partial charge on any atom is 0.0448 e. The van der Waals surface area contributed by atoms with Gasteiger partial charge in [-0.15, -0.1) is 11.6 Å². The summed E-state index contributed by atoms with van der Waals surface area (Å²) in [5.41, 5.74) is 2.30. The molecule has 0 saturated carbocycles. The van der Waals surface area contributed by atoms with E-state index in [4.69, 9.17) is 11.6 Å². The fourth-order valence-corrected chi connectivity index (χ4v) is 1.79. The van der Waals surface area contributed by atoms with Crippen molar-refractivity contribution in [3.63, 3.8) is 0 Å². The Balaban J connectivity index is 2.77. The Morgan fingerprint density at radius 3 is 2.64 bits per heavy atom. The monoisotopic (exact) mass is 275 g/mol. The average Bonchev–Trinajstić information content (AvgIpc) is 2.09. The van der Waals surface area contributed by atoms with Crippen molar-refractivity contribution in [2.24, 2.45) is 5.92 Å². The predicted molar refractivity (Wildman–Crippen MR) is 64.9 cm³/mol. The second-order valence-corrected chi connectivity index (χ2v) is 5.36. The second kappa shape index (κ2) is 5.13. The third-order valence-electron chi connectivity index (χ3n) is 2.27. The Kier molecular flexibility index (Phi) is 4.39. The first-order valence-electron chi connectivity index (χ1n) is 4.75. The molecule has 0 radical (unpaired) electrons. The molecule has 78 valence electrons. The van der Waals surface area contributed by atoms with E-state index in [0.29, 0.717) is 5.92 Å². The smallest absolute Gasteiger partial charge is 0.0448 e. The van der Waals surface area contributed by atoms with E-state index in [0.717, 1.165) is 16.6 Å². The molecule has 0 aliphatic rings. The van der Waals surface area contributed by atoms with E-state index < -0.39 is 0 Å². The van der Waals surface area contributed by atoms with Gasteiger partial charge >= 0.3 is 0 Å². The Hall–Kier alpha value is -0.0800. The highest BCUT2D eigenvalue weighted by Crippen LogP contribution is 2.19. The number of hydrogen-bond donors (Lipinski definition) is 0. The third-order valence-corrected chi connectivity index (χ3v) is 3.36. The predicted octanol–water partition coefficient (Wildman–Crippen LogP) is 3.96. The zero-order chi connectivity index (χ0) is 10.7. The first kappa shape index (κ1) is 12.0. The van der Waals surface area contributed by atoms with E-state index in [1.165, 1.54) is 5.56 Å². The van der Waals surface area contributed by atoms with Gasteiger partial charge in [-0.1, -0.05) is 13.8 Å². The lowest BCUT2D eigenvalue weighted by molar-refractivity contribution is 0.589. The molecular formula is C11H15BrClN. The maximum absolute atomic E-state index is 6.21. The van der Waals surface area contributed by atoms with Crippen molar-refractivity contribution in [2.45, 2.75) is 32.6 Å². The summed E-state index contributed by atoms with van der Waals surface area (Å²) >= 11 is 9.61. The summed E-state index contributed by atoms with van der Waals surface area (Å²) in [4.78, 5) is 4.37. The normalized spacial score (nSPS) is 13.3. The quantitative estimate of drug-likeness (QED) is 0.762. The van der Waals surface area contributed by atoms with Crippen molar-refractivity contribution in [3.8, 4) is 0 Å². The molecule has 0 aliphatic carbocycles. The molecule has 1 atom stereocenters. The maximum atomic E-state index is 6.21. The lowest BCUT2D eigenvalue weighted by Crippen LogP contribution is -2.13. The molecule has 0 fully saturated rings. The molecule has 0 N–H and O–H groups in total. The Morgan fingerprint density at radius 1 is 1.50 bits per heavy atom. The number of rotatable bonds is 3. The van der Waals surface area contributed by atoms with Crippen LogP contribution in [0, 0.1) is 12.8 Å². The molecule has 1 unspecified atom stereocenters. The molecule has 0 spiro atoms. The van der Waals surface area contributed by atoms with Crippen LogP contribution in [0.4, 0.5) is 0 Å². The van der Waals surface area contributed by atoms with Crippen molar-refractivity contribution in [3.05, 3.63) is 28.0 Å². The zero-order valence-electron chi connectivity index (χ0n) is 8.72. The minimum atomic E-state index is 0.169. The molecule has 0 aliphatic heterocycles. The topological polar surface area (TPSA) is 12.9 Å². The highest BCUT2D eigenvalue weighted by molar-refractivity contribution is 9.10. The number of pyridine rings is 1. The van der Waals surface area contributed by atoms with Crippen LogP contribution in [0.25, 0.3) is 0 Å². The van der Waals surface area contributed by atoms with Crippen LogP contribution in [0.15, 0.2) is 16.7 Å². The second-order valence-electron chi connectivity index (χ2n) is 3.88. The molecule has 0 amide bonds. The van der Waals surface area contributed by atoms with Crippen LogP contribution in [0.1, 0.15) is 25.1 Å². The van der Waals surface area contributed by atoms with Crippen molar-refractivity contribution in [1.82, 2.24) is 4.98 Å². The van der Waals surface area contributed by atoms with Crippen LogP contribution in [-0.2, 0) is 6.42 Å². The standard InChI is InChI=1S/C11H15BrClN/c1-7(2)10(13)5-11-8(3)4-9(12)6-14-11/h4,6-7,10H,5H2,1-3H3. The SMILES string of the molecule is Cc1cc(Br)cnc1CC(Cl)C(C)C. The number of hydrogen-bond acceptors (Lipinski definition) is 1. The highest BCUT2D eigenvalue weighted by Gasteiger charge is 2.12. The van der Waals surface area contributed by atoms with Crippen molar-refractivity contribution in [2.75, 3.05) is 0 Å². The lowest BCUT2D eigenvalue weighted by Gasteiger charge is -2.13. The fraction of sp³-hybridized carbons (Fsp3) is 0.545. The van der Waals surface area contributed by atoms with E-state index >= 15 is 0 Å².